The summed E-state index contributed by atoms with van der Waals surface area (Å²) in [6, 6.07) is 23.3. The van der Waals surface area contributed by atoms with Crippen LogP contribution in [0.5, 0.6) is 0 Å². The largest absolute Gasteiger partial charge is 0.322 e. The zero-order valence-electron chi connectivity index (χ0n) is 22.9. The van der Waals surface area contributed by atoms with Gasteiger partial charge in [0.15, 0.2) is 0 Å². The number of nitrogens with one attached hydrogen (secondary N) is 2. The van der Waals surface area contributed by atoms with Crippen molar-refractivity contribution < 1.29 is 9.59 Å². The first kappa shape index (κ1) is 26.9. The van der Waals surface area contributed by atoms with E-state index in [-0.39, 0.29) is 23.9 Å². The van der Waals surface area contributed by atoms with Gasteiger partial charge < -0.3 is 15.5 Å². The number of fused-ring (bicyclic) bond motifs is 1. The highest BCUT2D eigenvalue weighted by atomic mass is 16.2. The molecular formula is C31H37N5O2. The molecule has 0 saturated carbocycles. The number of nitrogens with zero attached hydrogens (tertiary/aromatic N) is 3. The van der Waals surface area contributed by atoms with Gasteiger partial charge in [0.05, 0.1) is 17.1 Å². The molecule has 0 fully saturated rings. The van der Waals surface area contributed by atoms with E-state index < -0.39 is 0 Å². The summed E-state index contributed by atoms with van der Waals surface area (Å²) in [6.45, 7) is 10.8. The molecule has 0 saturated heterocycles. The molecule has 3 aromatic carbocycles. The Bertz CT molecular complexity index is 1430. The summed E-state index contributed by atoms with van der Waals surface area (Å²) in [5, 5.41) is 12.9. The van der Waals surface area contributed by atoms with E-state index >= 15 is 0 Å². The number of anilines is 2. The van der Waals surface area contributed by atoms with Crippen molar-refractivity contribution in [1.82, 2.24) is 14.7 Å². The summed E-state index contributed by atoms with van der Waals surface area (Å²) in [6.07, 6.45) is 1.71. The molecule has 0 aliphatic heterocycles. The van der Waals surface area contributed by atoms with Crippen molar-refractivity contribution in [3.05, 3.63) is 84.1 Å². The predicted octanol–water partition coefficient (Wildman–Crippen LogP) is 6.90. The molecule has 0 spiro atoms. The third-order valence-corrected chi connectivity index (χ3v) is 6.52. The smallest absolute Gasteiger partial charge is 0.315 e. The van der Waals surface area contributed by atoms with Crippen LogP contribution in [0.2, 0.25) is 0 Å². The van der Waals surface area contributed by atoms with Crippen LogP contribution in [0, 0.1) is 6.92 Å². The molecule has 38 heavy (non-hydrogen) atoms. The molecular weight excluding hydrogens is 474 g/mol. The highest BCUT2D eigenvalue weighted by Crippen LogP contribution is 2.28. The Labute approximate surface area is 224 Å². The summed E-state index contributed by atoms with van der Waals surface area (Å²) < 4.78 is 1.78. The van der Waals surface area contributed by atoms with Crippen LogP contribution < -0.4 is 10.6 Å². The molecule has 3 amide bonds. The number of aromatic nitrogens is 2. The van der Waals surface area contributed by atoms with E-state index in [9.17, 15) is 9.59 Å². The molecule has 0 atom stereocenters. The number of benzene rings is 3. The Morgan fingerprint density at radius 1 is 0.947 bits per heavy atom. The number of hydrogen-bond donors (Lipinski definition) is 2. The van der Waals surface area contributed by atoms with Gasteiger partial charge in [-0.05, 0) is 36.4 Å². The Kier molecular flexibility index (Phi) is 8.15. The maximum absolute atomic E-state index is 13.3. The van der Waals surface area contributed by atoms with E-state index in [2.05, 4.69) is 38.3 Å². The van der Waals surface area contributed by atoms with Crippen molar-refractivity contribution in [3.8, 4) is 5.69 Å². The lowest BCUT2D eigenvalue weighted by atomic mass is 9.92. The third-order valence-electron chi connectivity index (χ3n) is 6.52. The van der Waals surface area contributed by atoms with Crippen LogP contribution in [0.3, 0.4) is 0 Å². The van der Waals surface area contributed by atoms with E-state index in [1.807, 2.05) is 79.7 Å². The molecule has 0 aliphatic carbocycles. The highest BCUT2D eigenvalue weighted by molar-refractivity contribution is 6.03. The Balaban J connectivity index is 1.56. The maximum Gasteiger partial charge on any atom is 0.322 e. The van der Waals surface area contributed by atoms with Gasteiger partial charge in [0.1, 0.15) is 12.4 Å². The lowest BCUT2D eigenvalue weighted by molar-refractivity contribution is -0.116. The fourth-order valence-corrected chi connectivity index (χ4v) is 4.31. The van der Waals surface area contributed by atoms with Gasteiger partial charge in [-0.15, -0.1) is 0 Å². The number of amides is 3. The van der Waals surface area contributed by atoms with Gasteiger partial charge in [0.25, 0.3) is 0 Å². The van der Waals surface area contributed by atoms with Crippen molar-refractivity contribution in [2.45, 2.75) is 52.9 Å². The average molecular weight is 512 g/mol. The van der Waals surface area contributed by atoms with Crippen LogP contribution in [0.15, 0.2) is 72.8 Å². The monoisotopic (exact) mass is 511 g/mol. The molecule has 0 aliphatic rings. The minimum Gasteiger partial charge on any atom is -0.315 e. The topological polar surface area (TPSA) is 79.3 Å². The number of carbonyl (C=O) groups is 2. The molecule has 0 bridgehead atoms. The van der Waals surface area contributed by atoms with Crippen molar-refractivity contribution in [1.29, 1.82) is 0 Å². The van der Waals surface area contributed by atoms with Crippen LogP contribution in [-0.2, 0) is 10.2 Å². The minimum atomic E-state index is -0.298. The summed E-state index contributed by atoms with van der Waals surface area (Å²) in [4.78, 5) is 28.2. The third kappa shape index (κ3) is 6.22. The molecule has 4 rings (SSSR count). The first-order chi connectivity index (χ1) is 18.2. The van der Waals surface area contributed by atoms with E-state index in [1.165, 1.54) is 0 Å². The Hall–Kier alpha value is -4.13. The zero-order chi connectivity index (χ0) is 27.3. The van der Waals surface area contributed by atoms with Crippen molar-refractivity contribution in [2.75, 3.05) is 23.7 Å². The van der Waals surface area contributed by atoms with E-state index in [1.54, 1.807) is 9.58 Å². The molecule has 0 radical (unpaired) electrons. The number of unbranched alkanes of at least 4 members (excludes halogenated alkanes) is 1. The van der Waals surface area contributed by atoms with Crippen molar-refractivity contribution in [2.24, 2.45) is 0 Å². The molecule has 4 aromatic rings. The van der Waals surface area contributed by atoms with Gasteiger partial charge in [0, 0.05) is 23.4 Å². The number of carbonyl (C=O) groups excluding carboxylic acids is 2. The first-order valence-electron chi connectivity index (χ1n) is 13.2. The molecule has 1 heterocycles. The first-order valence-corrected chi connectivity index (χ1v) is 13.2. The summed E-state index contributed by atoms with van der Waals surface area (Å²) >= 11 is 0. The van der Waals surface area contributed by atoms with Crippen LogP contribution in [0.4, 0.5) is 16.3 Å². The van der Waals surface area contributed by atoms with Gasteiger partial charge in [0.2, 0.25) is 5.91 Å². The number of rotatable bonds is 8. The van der Waals surface area contributed by atoms with Crippen LogP contribution in [0.25, 0.3) is 16.5 Å². The van der Waals surface area contributed by atoms with Gasteiger partial charge in [-0.3, -0.25) is 4.79 Å². The SMILES string of the molecule is CCCCN(CC(=O)Nc1cc(C(C)(C)C)nn1-c1ccccc1C)C(=O)Nc1cccc2ccccc12. The molecule has 7 heteroatoms. The predicted molar refractivity (Wildman–Crippen MR) is 155 cm³/mol. The number of urea groups is 1. The maximum atomic E-state index is 13.3. The average Bonchev–Trinajstić information content (AvgIpc) is 3.31. The van der Waals surface area contributed by atoms with Crippen LogP contribution in [0.1, 0.15) is 51.8 Å². The summed E-state index contributed by atoms with van der Waals surface area (Å²) in [5.41, 5.74) is 3.34. The van der Waals surface area contributed by atoms with Gasteiger partial charge in [-0.25, -0.2) is 9.48 Å². The van der Waals surface area contributed by atoms with E-state index in [0.717, 1.165) is 46.2 Å². The standard InChI is InChI=1S/C31H37N5O2/c1-6-7-19-35(30(38)32-25-17-12-15-23-14-9-10-16-24(23)25)21-29(37)33-28-20-27(31(3,4)5)34-36(28)26-18-11-8-13-22(26)2/h8-18,20H,6-7,19,21H2,1-5H3,(H,32,38)(H,33,37). The van der Waals surface area contributed by atoms with Gasteiger partial charge >= 0.3 is 6.03 Å². The second-order valence-corrected chi connectivity index (χ2v) is 10.6. The van der Waals surface area contributed by atoms with E-state index in [4.69, 9.17) is 5.10 Å². The van der Waals surface area contributed by atoms with Gasteiger partial charge in [-0.2, -0.15) is 5.10 Å². The molecule has 2 N–H and O–H groups in total. The highest BCUT2D eigenvalue weighted by Gasteiger charge is 2.23. The normalized spacial score (nSPS) is 11.4. The lowest BCUT2D eigenvalue weighted by Crippen LogP contribution is -2.41. The van der Waals surface area contributed by atoms with Crippen molar-refractivity contribution >= 4 is 34.2 Å². The number of aryl methyl sites for hydroxylation is 1. The number of para-hydroxylation sites is 1. The van der Waals surface area contributed by atoms with Crippen molar-refractivity contribution in [3.63, 3.8) is 0 Å². The second kappa shape index (κ2) is 11.5. The van der Waals surface area contributed by atoms with E-state index in [0.29, 0.717) is 12.4 Å². The lowest BCUT2D eigenvalue weighted by Gasteiger charge is -2.23. The quantitative estimate of drug-likeness (QED) is 0.270. The molecule has 0 unspecified atom stereocenters. The minimum absolute atomic E-state index is 0.0690. The van der Waals surface area contributed by atoms with Crippen LogP contribution >= 0.6 is 0 Å². The molecule has 7 nitrogen and oxygen atoms in total. The number of hydrogen-bond acceptors (Lipinski definition) is 3. The van der Waals surface area contributed by atoms with Crippen LogP contribution in [-0.4, -0.2) is 39.7 Å². The molecule has 1 aromatic heterocycles. The summed E-state index contributed by atoms with van der Waals surface area (Å²) in [5.74, 6) is 0.309. The Morgan fingerprint density at radius 3 is 2.39 bits per heavy atom. The fourth-order valence-electron chi connectivity index (χ4n) is 4.31. The zero-order valence-corrected chi connectivity index (χ0v) is 22.9. The fraction of sp³-hybridized carbons (Fsp3) is 0.323. The second-order valence-electron chi connectivity index (χ2n) is 10.6. The van der Waals surface area contributed by atoms with Gasteiger partial charge in [-0.1, -0.05) is 88.7 Å². The Morgan fingerprint density at radius 2 is 1.66 bits per heavy atom. The molecule has 198 valence electrons. The summed E-state index contributed by atoms with van der Waals surface area (Å²) in [7, 11) is 0.